The Morgan fingerprint density at radius 2 is 1.90 bits per heavy atom. The quantitative estimate of drug-likeness (QED) is 0.878. The lowest BCUT2D eigenvalue weighted by molar-refractivity contribution is 0.0696. The van der Waals surface area contributed by atoms with Crippen molar-refractivity contribution < 1.29 is 14.7 Å². The normalized spacial score (nSPS) is 10.4. The van der Waals surface area contributed by atoms with Crippen LogP contribution in [0.3, 0.4) is 0 Å². The number of anilines is 1. The van der Waals surface area contributed by atoms with Crippen molar-refractivity contribution in [2.45, 2.75) is 26.7 Å². The van der Waals surface area contributed by atoms with Crippen molar-refractivity contribution in [1.82, 2.24) is 0 Å². The summed E-state index contributed by atoms with van der Waals surface area (Å²) in [5, 5.41) is 11.6. The average molecular weight is 303 g/mol. The van der Waals surface area contributed by atoms with Crippen LogP contribution in [0.15, 0.2) is 30.3 Å². The van der Waals surface area contributed by atoms with Crippen LogP contribution in [0.4, 0.5) is 5.69 Å². The lowest BCUT2D eigenvalue weighted by atomic mass is 10.1. The third-order valence-electron chi connectivity index (χ3n) is 3.15. The predicted molar refractivity (Wildman–Crippen MR) is 84.4 cm³/mol. The standard InChI is InChI=1S/C16H17NO3S/c1-3-4-12-9-14(21-10(12)2)15(18)17-13-7-5-11(6-8-13)16(19)20/h5-9H,3-4H2,1-2H3,(H,17,18)(H,19,20). The molecule has 0 atom stereocenters. The molecule has 110 valence electrons. The van der Waals surface area contributed by atoms with Crippen LogP contribution >= 0.6 is 11.3 Å². The highest BCUT2D eigenvalue weighted by Crippen LogP contribution is 2.24. The van der Waals surface area contributed by atoms with Crippen molar-refractivity contribution >= 4 is 28.9 Å². The summed E-state index contributed by atoms with van der Waals surface area (Å²) in [4.78, 5) is 24.8. The number of aryl methyl sites for hydroxylation is 2. The molecular weight excluding hydrogens is 286 g/mol. The van der Waals surface area contributed by atoms with Crippen LogP contribution in [0.25, 0.3) is 0 Å². The summed E-state index contributed by atoms with van der Waals surface area (Å²) in [7, 11) is 0. The topological polar surface area (TPSA) is 66.4 Å². The zero-order valence-corrected chi connectivity index (χ0v) is 12.8. The van der Waals surface area contributed by atoms with Gasteiger partial charge < -0.3 is 10.4 Å². The van der Waals surface area contributed by atoms with E-state index >= 15 is 0 Å². The molecule has 21 heavy (non-hydrogen) atoms. The first kappa shape index (κ1) is 15.3. The number of benzene rings is 1. The molecule has 1 amide bonds. The molecule has 1 aromatic carbocycles. The number of rotatable bonds is 5. The van der Waals surface area contributed by atoms with E-state index in [1.165, 1.54) is 33.9 Å². The summed E-state index contributed by atoms with van der Waals surface area (Å²) in [5.74, 6) is -1.14. The first-order chi connectivity index (χ1) is 10.0. The number of aromatic carboxylic acids is 1. The van der Waals surface area contributed by atoms with Gasteiger partial charge in [-0.3, -0.25) is 4.79 Å². The zero-order valence-electron chi connectivity index (χ0n) is 12.0. The summed E-state index contributed by atoms with van der Waals surface area (Å²) in [6, 6.07) is 8.06. The van der Waals surface area contributed by atoms with Crippen molar-refractivity contribution in [3.05, 3.63) is 51.2 Å². The first-order valence-electron chi connectivity index (χ1n) is 6.75. The van der Waals surface area contributed by atoms with E-state index in [2.05, 4.69) is 12.2 Å². The van der Waals surface area contributed by atoms with E-state index in [9.17, 15) is 9.59 Å². The van der Waals surface area contributed by atoms with E-state index in [-0.39, 0.29) is 11.5 Å². The highest BCUT2D eigenvalue weighted by Gasteiger charge is 2.12. The second-order valence-corrected chi connectivity index (χ2v) is 6.04. The molecule has 2 aromatic rings. The minimum Gasteiger partial charge on any atom is -0.478 e. The third kappa shape index (κ3) is 3.70. The van der Waals surface area contributed by atoms with Crippen molar-refractivity contribution in [2.75, 3.05) is 5.32 Å². The molecule has 0 radical (unpaired) electrons. The van der Waals surface area contributed by atoms with Crippen LogP contribution in [0.2, 0.25) is 0 Å². The molecule has 4 nitrogen and oxygen atoms in total. The maximum atomic E-state index is 12.2. The third-order valence-corrected chi connectivity index (χ3v) is 4.24. The summed E-state index contributed by atoms with van der Waals surface area (Å²) in [6.45, 7) is 4.13. The monoisotopic (exact) mass is 303 g/mol. The number of carbonyl (C=O) groups is 2. The fraction of sp³-hybridized carbons (Fsp3) is 0.250. The van der Waals surface area contributed by atoms with Crippen LogP contribution in [-0.4, -0.2) is 17.0 Å². The second-order valence-electron chi connectivity index (χ2n) is 4.78. The number of nitrogens with one attached hydrogen (secondary N) is 1. The lowest BCUT2D eigenvalue weighted by Crippen LogP contribution is -2.10. The molecule has 0 saturated carbocycles. The number of carbonyl (C=O) groups excluding carboxylic acids is 1. The van der Waals surface area contributed by atoms with Gasteiger partial charge in [0.1, 0.15) is 0 Å². The van der Waals surface area contributed by atoms with Gasteiger partial charge in [-0.1, -0.05) is 13.3 Å². The molecular formula is C16H17NO3S. The maximum Gasteiger partial charge on any atom is 0.335 e. The summed E-state index contributed by atoms with van der Waals surface area (Å²) < 4.78 is 0. The largest absolute Gasteiger partial charge is 0.478 e. The van der Waals surface area contributed by atoms with Crippen LogP contribution in [0.1, 0.15) is 43.8 Å². The Morgan fingerprint density at radius 3 is 2.48 bits per heavy atom. The molecule has 0 unspecified atom stereocenters. The Kier molecular flexibility index (Phi) is 4.75. The molecule has 0 aliphatic carbocycles. The van der Waals surface area contributed by atoms with Crippen molar-refractivity contribution in [1.29, 1.82) is 0 Å². The van der Waals surface area contributed by atoms with Gasteiger partial charge in [-0.15, -0.1) is 11.3 Å². The Balaban J connectivity index is 2.10. The SMILES string of the molecule is CCCc1cc(C(=O)Nc2ccc(C(=O)O)cc2)sc1C. The number of hydrogen-bond acceptors (Lipinski definition) is 3. The Labute approximate surface area is 127 Å². The van der Waals surface area contributed by atoms with Crippen molar-refractivity contribution in [2.24, 2.45) is 0 Å². The van der Waals surface area contributed by atoms with E-state index in [0.29, 0.717) is 10.6 Å². The first-order valence-corrected chi connectivity index (χ1v) is 7.57. The number of thiophene rings is 1. The number of amides is 1. The van der Waals surface area contributed by atoms with Crippen molar-refractivity contribution in [3.8, 4) is 0 Å². The second kappa shape index (κ2) is 6.54. The molecule has 0 bridgehead atoms. The molecule has 1 aromatic heterocycles. The van der Waals surface area contributed by atoms with E-state index in [1.807, 2.05) is 13.0 Å². The highest BCUT2D eigenvalue weighted by atomic mass is 32.1. The Hall–Kier alpha value is -2.14. The number of carboxylic acids is 1. The summed E-state index contributed by atoms with van der Waals surface area (Å²) >= 11 is 1.48. The molecule has 0 fully saturated rings. The Morgan fingerprint density at radius 1 is 1.24 bits per heavy atom. The van der Waals surface area contributed by atoms with E-state index in [4.69, 9.17) is 5.11 Å². The molecule has 0 spiro atoms. The number of carboxylic acid groups (broad SMARTS) is 1. The van der Waals surface area contributed by atoms with Gasteiger partial charge in [-0.25, -0.2) is 4.79 Å². The number of hydrogen-bond donors (Lipinski definition) is 2. The highest BCUT2D eigenvalue weighted by molar-refractivity contribution is 7.14. The molecule has 2 N–H and O–H groups in total. The van der Waals surface area contributed by atoms with Gasteiger partial charge in [0.05, 0.1) is 10.4 Å². The van der Waals surface area contributed by atoms with Crippen LogP contribution in [-0.2, 0) is 6.42 Å². The van der Waals surface area contributed by atoms with Crippen molar-refractivity contribution in [3.63, 3.8) is 0 Å². The minimum absolute atomic E-state index is 0.159. The molecule has 2 rings (SSSR count). The Bertz CT molecular complexity index is 659. The molecule has 5 heteroatoms. The zero-order chi connectivity index (χ0) is 15.4. The van der Waals surface area contributed by atoms with E-state index in [0.717, 1.165) is 12.8 Å². The predicted octanol–water partition coefficient (Wildman–Crippen LogP) is 3.96. The minimum atomic E-state index is -0.981. The molecule has 0 aliphatic heterocycles. The van der Waals surface area contributed by atoms with Gasteiger partial charge in [0, 0.05) is 10.6 Å². The fourth-order valence-corrected chi connectivity index (χ4v) is 3.00. The fourth-order valence-electron chi connectivity index (χ4n) is 2.04. The summed E-state index contributed by atoms with van der Waals surface area (Å²) in [5.41, 5.74) is 2.01. The molecule has 1 heterocycles. The van der Waals surface area contributed by atoms with Crippen LogP contribution < -0.4 is 5.32 Å². The van der Waals surface area contributed by atoms with Crippen LogP contribution in [0.5, 0.6) is 0 Å². The molecule has 0 saturated heterocycles. The lowest BCUT2D eigenvalue weighted by Gasteiger charge is -2.03. The summed E-state index contributed by atoms with van der Waals surface area (Å²) in [6.07, 6.45) is 2.03. The van der Waals surface area contributed by atoms with Gasteiger partial charge in [0.25, 0.3) is 5.91 Å². The maximum absolute atomic E-state index is 12.2. The van der Waals surface area contributed by atoms with E-state index < -0.39 is 5.97 Å². The van der Waals surface area contributed by atoms with E-state index in [1.54, 1.807) is 12.1 Å². The van der Waals surface area contributed by atoms with Gasteiger partial charge in [-0.05, 0) is 49.2 Å². The van der Waals surface area contributed by atoms with Gasteiger partial charge in [0.15, 0.2) is 0 Å². The average Bonchev–Trinajstić information content (AvgIpc) is 2.81. The van der Waals surface area contributed by atoms with Gasteiger partial charge in [0.2, 0.25) is 0 Å². The molecule has 0 aliphatic rings. The van der Waals surface area contributed by atoms with Crippen LogP contribution in [0, 0.1) is 6.92 Å². The smallest absolute Gasteiger partial charge is 0.335 e. The van der Waals surface area contributed by atoms with Gasteiger partial charge >= 0.3 is 5.97 Å². The van der Waals surface area contributed by atoms with Gasteiger partial charge in [-0.2, -0.15) is 0 Å².